The van der Waals surface area contributed by atoms with Crippen LogP contribution in [0.3, 0.4) is 0 Å². The van der Waals surface area contributed by atoms with Gasteiger partial charge in [-0.2, -0.15) is 13.2 Å². The fraction of sp³-hybridized carbons (Fsp3) is 0.323. The number of allylic oxidation sites excluding steroid dienone is 1. The molecule has 2 aromatic carbocycles. The summed E-state index contributed by atoms with van der Waals surface area (Å²) in [5, 5.41) is 1.20. The lowest BCUT2D eigenvalue weighted by molar-refractivity contribution is -0.140. The molecule has 6 rings (SSSR count). The molecule has 13 heteroatoms. The van der Waals surface area contributed by atoms with E-state index in [0.717, 1.165) is 48.3 Å². The third-order valence-corrected chi connectivity index (χ3v) is 9.17. The molecule has 230 valence electrons. The Kier molecular flexibility index (Phi) is 8.18. The molecule has 0 aliphatic carbocycles. The first-order valence-corrected chi connectivity index (χ1v) is 15.6. The van der Waals surface area contributed by atoms with Crippen LogP contribution in [0.25, 0.3) is 16.8 Å². The van der Waals surface area contributed by atoms with Crippen molar-refractivity contribution in [3.63, 3.8) is 0 Å². The Hall–Kier alpha value is -3.84. The molecule has 0 saturated carbocycles. The van der Waals surface area contributed by atoms with Gasteiger partial charge in [-0.1, -0.05) is 41.7 Å². The number of aromatic nitrogens is 1. The van der Waals surface area contributed by atoms with Gasteiger partial charge in [0.15, 0.2) is 10.5 Å². The summed E-state index contributed by atoms with van der Waals surface area (Å²) in [5.41, 5.74) is -2.63. The number of carbonyl (C=O) groups excluding carboxylic acids is 1. The van der Waals surface area contributed by atoms with Crippen LogP contribution in [0.2, 0.25) is 0 Å². The third-order valence-electron chi connectivity index (χ3n) is 7.62. The van der Waals surface area contributed by atoms with Crippen LogP contribution in [0.15, 0.2) is 72.4 Å². The topological polar surface area (TPSA) is 86.3 Å². The highest BCUT2D eigenvalue weighted by Gasteiger charge is 2.46. The second-order valence-corrected chi connectivity index (χ2v) is 12.2. The SMILES string of the molecule is CCOC(=O)C1=C(C(F)(F)F)N=c2s/c(=C/c3cc(Br)c(N4CCCCC4)o3)c(=O)n2[C@H]1c1c(OC)ccc2ccccc12. The minimum absolute atomic E-state index is 0.0889. The smallest absolute Gasteiger partial charge is 0.434 e. The maximum Gasteiger partial charge on any atom is 0.434 e. The number of furan rings is 1. The van der Waals surface area contributed by atoms with Gasteiger partial charge >= 0.3 is 12.1 Å². The molecule has 0 unspecified atom stereocenters. The maximum absolute atomic E-state index is 14.6. The average molecular weight is 691 g/mol. The zero-order valence-corrected chi connectivity index (χ0v) is 26.1. The molecule has 2 aliphatic heterocycles. The van der Waals surface area contributed by atoms with Crippen LogP contribution < -0.4 is 24.5 Å². The van der Waals surface area contributed by atoms with Crippen molar-refractivity contribution >= 4 is 56.0 Å². The number of benzene rings is 2. The molecule has 44 heavy (non-hydrogen) atoms. The van der Waals surface area contributed by atoms with Crippen molar-refractivity contribution in [3.05, 3.63) is 89.2 Å². The molecule has 4 heterocycles. The minimum atomic E-state index is -5.03. The zero-order valence-electron chi connectivity index (χ0n) is 23.7. The van der Waals surface area contributed by atoms with E-state index in [1.165, 1.54) is 20.1 Å². The molecule has 0 bridgehead atoms. The van der Waals surface area contributed by atoms with Gasteiger partial charge < -0.3 is 18.8 Å². The maximum atomic E-state index is 14.6. The fourth-order valence-corrected chi connectivity index (χ4v) is 7.28. The molecule has 8 nitrogen and oxygen atoms in total. The van der Waals surface area contributed by atoms with Gasteiger partial charge in [-0.15, -0.1) is 0 Å². The molecule has 1 saturated heterocycles. The molecule has 0 spiro atoms. The Morgan fingerprint density at radius 3 is 2.64 bits per heavy atom. The summed E-state index contributed by atoms with van der Waals surface area (Å²) < 4.78 is 62.7. The van der Waals surface area contributed by atoms with Crippen molar-refractivity contribution < 1.29 is 31.9 Å². The normalized spacial score (nSPS) is 17.5. The second-order valence-electron chi connectivity index (χ2n) is 10.3. The van der Waals surface area contributed by atoms with Gasteiger partial charge in [-0.05, 0) is 59.0 Å². The molecule has 0 amide bonds. The van der Waals surface area contributed by atoms with E-state index in [9.17, 15) is 22.8 Å². The number of piperidine rings is 1. The molecule has 1 atom stereocenters. The van der Waals surface area contributed by atoms with Crippen LogP contribution in [0.4, 0.5) is 19.1 Å². The lowest BCUT2D eigenvalue weighted by Crippen LogP contribution is -2.41. The first kappa shape index (κ1) is 30.2. The predicted molar refractivity (Wildman–Crippen MR) is 164 cm³/mol. The average Bonchev–Trinajstić information content (AvgIpc) is 3.53. The summed E-state index contributed by atoms with van der Waals surface area (Å²) in [6.07, 6.45) is -0.339. The number of alkyl halides is 3. The van der Waals surface area contributed by atoms with Crippen molar-refractivity contribution in [2.24, 2.45) is 4.99 Å². The number of methoxy groups -OCH3 is 1. The molecule has 4 aromatic rings. The summed E-state index contributed by atoms with van der Waals surface area (Å²) in [4.78, 5) is 33.2. The summed E-state index contributed by atoms with van der Waals surface area (Å²) in [7, 11) is 1.38. The van der Waals surface area contributed by atoms with E-state index in [0.29, 0.717) is 26.9 Å². The van der Waals surface area contributed by atoms with Gasteiger partial charge in [-0.3, -0.25) is 9.36 Å². The first-order chi connectivity index (χ1) is 21.1. The molecule has 2 aliphatic rings. The monoisotopic (exact) mass is 689 g/mol. The number of fused-ring (bicyclic) bond motifs is 2. The van der Waals surface area contributed by atoms with E-state index in [2.05, 4.69) is 25.8 Å². The van der Waals surface area contributed by atoms with E-state index in [1.54, 1.807) is 42.5 Å². The van der Waals surface area contributed by atoms with Crippen molar-refractivity contribution in [3.8, 4) is 5.75 Å². The molecule has 2 aromatic heterocycles. The highest BCUT2D eigenvalue weighted by atomic mass is 79.9. The Bertz CT molecular complexity index is 1970. The highest BCUT2D eigenvalue weighted by Crippen LogP contribution is 2.43. The van der Waals surface area contributed by atoms with Crippen molar-refractivity contribution in [2.75, 3.05) is 31.7 Å². The van der Waals surface area contributed by atoms with E-state index in [4.69, 9.17) is 13.9 Å². The van der Waals surface area contributed by atoms with Crippen molar-refractivity contribution in [1.82, 2.24) is 4.57 Å². The lowest BCUT2D eigenvalue weighted by Gasteiger charge is -2.28. The second kappa shape index (κ2) is 11.9. The van der Waals surface area contributed by atoms with Gasteiger partial charge in [0.05, 0.1) is 28.3 Å². The largest absolute Gasteiger partial charge is 0.496 e. The number of halogens is 4. The number of thiazole rings is 1. The van der Waals surface area contributed by atoms with Crippen LogP contribution in [-0.2, 0) is 9.53 Å². The number of nitrogens with zero attached hydrogens (tertiary/aromatic N) is 3. The molecule has 0 N–H and O–H groups in total. The summed E-state index contributed by atoms with van der Waals surface area (Å²) in [5.74, 6) is -0.0395. The quantitative estimate of drug-likeness (QED) is 0.236. The van der Waals surface area contributed by atoms with Gasteiger partial charge in [0.2, 0.25) is 5.88 Å². The molecular weight excluding hydrogens is 663 g/mol. The molecular formula is C31H27BrF3N3O5S. The Morgan fingerprint density at radius 1 is 1.18 bits per heavy atom. The lowest BCUT2D eigenvalue weighted by atomic mass is 9.90. The van der Waals surface area contributed by atoms with Gasteiger partial charge in [0.25, 0.3) is 5.56 Å². The highest BCUT2D eigenvalue weighted by molar-refractivity contribution is 9.10. The minimum Gasteiger partial charge on any atom is -0.496 e. The first-order valence-electron chi connectivity index (χ1n) is 14.0. The number of anilines is 1. The number of hydrogen-bond donors (Lipinski definition) is 0. The van der Waals surface area contributed by atoms with Gasteiger partial charge in [0.1, 0.15) is 17.6 Å². The van der Waals surface area contributed by atoms with Crippen molar-refractivity contribution in [2.45, 2.75) is 38.4 Å². The van der Waals surface area contributed by atoms with Crippen LogP contribution in [0.1, 0.15) is 43.6 Å². The number of rotatable bonds is 6. The third kappa shape index (κ3) is 5.36. The molecule has 0 radical (unpaired) electrons. The number of carbonyl (C=O) groups is 1. The Morgan fingerprint density at radius 2 is 1.93 bits per heavy atom. The summed E-state index contributed by atoms with van der Waals surface area (Å²) >= 11 is 4.32. The fourth-order valence-electron chi connectivity index (χ4n) is 5.74. The van der Waals surface area contributed by atoms with E-state index in [1.807, 2.05) is 0 Å². The summed E-state index contributed by atoms with van der Waals surface area (Å²) in [6.45, 7) is 2.98. The Balaban J connectivity index is 1.63. The Labute approximate surface area is 261 Å². The van der Waals surface area contributed by atoms with Crippen LogP contribution in [0.5, 0.6) is 5.75 Å². The van der Waals surface area contributed by atoms with E-state index in [-0.39, 0.29) is 27.3 Å². The van der Waals surface area contributed by atoms with Crippen LogP contribution in [-0.4, -0.2) is 43.5 Å². The van der Waals surface area contributed by atoms with Gasteiger partial charge in [-0.25, -0.2) is 9.79 Å². The van der Waals surface area contributed by atoms with E-state index >= 15 is 0 Å². The van der Waals surface area contributed by atoms with Crippen LogP contribution in [0, 0.1) is 0 Å². The van der Waals surface area contributed by atoms with Gasteiger partial charge in [0, 0.05) is 30.8 Å². The number of ether oxygens (including phenoxy) is 2. The summed E-state index contributed by atoms with van der Waals surface area (Å²) in [6, 6.07) is 10.5. The van der Waals surface area contributed by atoms with E-state index < -0.39 is 35.0 Å². The number of esters is 1. The standard InChI is InChI=1S/C31H27BrF3N3O5S/c1-3-42-29(40)24-25(23-19-10-6-5-9-17(19)11-12-21(23)41-2)38-27(39)22(44-30(38)36-26(24)31(33,34)35)16-18-15-20(32)28(43-18)37-13-7-4-8-14-37/h5-6,9-12,15-16,25H,3-4,7-8,13-14H2,1-2H3/b22-16+/t25-/m0/s1. The predicted octanol–water partition coefficient (Wildman–Crippen LogP) is 5.85. The number of hydrogen-bond acceptors (Lipinski definition) is 8. The van der Waals surface area contributed by atoms with Crippen LogP contribution >= 0.6 is 27.3 Å². The van der Waals surface area contributed by atoms with Crippen molar-refractivity contribution in [1.29, 1.82) is 0 Å². The zero-order chi connectivity index (χ0) is 31.2. The molecule has 1 fully saturated rings.